The minimum Gasteiger partial charge on any atom is -0.368 e. The van der Waals surface area contributed by atoms with Crippen LogP contribution in [-0.4, -0.2) is 65.8 Å². The molecule has 2 aliphatic rings. The average molecular weight is 482 g/mol. The highest BCUT2D eigenvalue weighted by Gasteiger charge is 2.23. The minimum atomic E-state index is 0.162. The first-order chi connectivity index (χ1) is 16.2. The Kier molecular flexibility index (Phi) is 6.88. The van der Waals surface area contributed by atoms with E-state index < -0.39 is 0 Å². The van der Waals surface area contributed by atoms with E-state index >= 15 is 0 Å². The molecule has 0 bridgehead atoms. The predicted octanol–water partition coefficient (Wildman–Crippen LogP) is 4.71. The fourth-order valence-electron chi connectivity index (χ4n) is 4.47. The largest absolute Gasteiger partial charge is 0.368 e. The van der Waals surface area contributed by atoms with Gasteiger partial charge in [-0.05, 0) is 55.7 Å². The lowest BCUT2D eigenvalue weighted by molar-refractivity contribution is -0.128. The summed E-state index contributed by atoms with van der Waals surface area (Å²) in [6, 6.07) is 15.9. The van der Waals surface area contributed by atoms with Crippen LogP contribution in [0.15, 0.2) is 53.6 Å². The summed E-state index contributed by atoms with van der Waals surface area (Å²) in [7, 11) is 0. The molecule has 172 valence electrons. The molecular formula is C25H28ClN5OS. The number of para-hydroxylation sites is 2. The Morgan fingerprint density at radius 1 is 0.818 bits per heavy atom. The first kappa shape index (κ1) is 22.3. The van der Waals surface area contributed by atoms with E-state index in [1.165, 1.54) is 31.0 Å². The fraction of sp³-hybridized carbons (Fsp3) is 0.400. The van der Waals surface area contributed by atoms with Crippen LogP contribution in [0.4, 0.5) is 11.5 Å². The van der Waals surface area contributed by atoms with Crippen LogP contribution in [0.2, 0.25) is 5.02 Å². The monoisotopic (exact) mass is 481 g/mol. The highest BCUT2D eigenvalue weighted by molar-refractivity contribution is 8.00. The summed E-state index contributed by atoms with van der Waals surface area (Å²) < 4.78 is 0. The zero-order valence-electron chi connectivity index (χ0n) is 18.6. The number of nitrogens with zero attached hydrogens (tertiary/aromatic N) is 5. The molecule has 1 amide bonds. The maximum absolute atomic E-state index is 13.0. The van der Waals surface area contributed by atoms with E-state index in [2.05, 4.69) is 9.80 Å². The Morgan fingerprint density at radius 2 is 1.48 bits per heavy atom. The summed E-state index contributed by atoms with van der Waals surface area (Å²) in [5, 5.41) is 1.61. The van der Waals surface area contributed by atoms with Gasteiger partial charge in [0.05, 0.1) is 16.8 Å². The van der Waals surface area contributed by atoms with Crippen molar-refractivity contribution in [1.82, 2.24) is 14.9 Å². The van der Waals surface area contributed by atoms with Crippen molar-refractivity contribution in [2.24, 2.45) is 0 Å². The maximum atomic E-state index is 13.0. The van der Waals surface area contributed by atoms with Crippen LogP contribution in [0.1, 0.15) is 19.3 Å². The summed E-state index contributed by atoms with van der Waals surface area (Å²) in [6.07, 6.45) is 3.62. The second kappa shape index (κ2) is 10.2. The van der Waals surface area contributed by atoms with Gasteiger partial charge < -0.3 is 14.7 Å². The van der Waals surface area contributed by atoms with Crippen LogP contribution in [0.3, 0.4) is 0 Å². The van der Waals surface area contributed by atoms with E-state index in [4.69, 9.17) is 21.6 Å². The number of carbonyl (C=O) groups excluding carboxylic acids is 1. The highest BCUT2D eigenvalue weighted by atomic mass is 35.5. The van der Waals surface area contributed by atoms with Crippen LogP contribution in [0.25, 0.3) is 11.0 Å². The lowest BCUT2D eigenvalue weighted by atomic mass is 10.1. The van der Waals surface area contributed by atoms with Gasteiger partial charge in [0.2, 0.25) is 5.91 Å². The zero-order chi connectivity index (χ0) is 22.6. The van der Waals surface area contributed by atoms with Gasteiger partial charge in [-0.25, -0.2) is 9.97 Å². The molecule has 2 aliphatic heterocycles. The summed E-state index contributed by atoms with van der Waals surface area (Å²) in [6.45, 7) is 5.11. The molecule has 0 radical (unpaired) electrons. The number of hydrogen-bond acceptors (Lipinski definition) is 6. The van der Waals surface area contributed by atoms with Gasteiger partial charge in [-0.15, -0.1) is 0 Å². The van der Waals surface area contributed by atoms with Gasteiger partial charge in [-0.2, -0.15) is 0 Å². The van der Waals surface area contributed by atoms with Crippen LogP contribution >= 0.6 is 23.4 Å². The Balaban J connectivity index is 1.24. The van der Waals surface area contributed by atoms with Crippen molar-refractivity contribution in [3.05, 3.63) is 53.6 Å². The third-order valence-electron chi connectivity index (χ3n) is 6.33. The van der Waals surface area contributed by atoms with Crippen molar-refractivity contribution in [2.75, 3.05) is 54.8 Å². The molecule has 0 aliphatic carbocycles. The number of thioether (sulfide) groups is 1. The number of hydrogen-bond donors (Lipinski definition) is 0. The van der Waals surface area contributed by atoms with Gasteiger partial charge in [0, 0.05) is 50.0 Å². The zero-order valence-corrected chi connectivity index (χ0v) is 20.2. The number of aromatic nitrogens is 2. The molecule has 0 unspecified atom stereocenters. The molecule has 6 nitrogen and oxygen atoms in total. The lowest BCUT2D eigenvalue weighted by Gasteiger charge is -2.36. The number of benzene rings is 2. The summed E-state index contributed by atoms with van der Waals surface area (Å²) >= 11 is 7.53. The summed E-state index contributed by atoms with van der Waals surface area (Å²) in [5.74, 6) is 1.48. The minimum absolute atomic E-state index is 0.162. The summed E-state index contributed by atoms with van der Waals surface area (Å²) in [4.78, 5) is 29.5. The molecule has 0 saturated carbocycles. The van der Waals surface area contributed by atoms with E-state index in [9.17, 15) is 4.79 Å². The Bertz CT molecular complexity index is 1110. The number of fused-ring (bicyclic) bond motifs is 1. The number of amides is 1. The highest BCUT2D eigenvalue weighted by Crippen LogP contribution is 2.31. The van der Waals surface area contributed by atoms with Crippen LogP contribution in [-0.2, 0) is 4.79 Å². The first-order valence-electron chi connectivity index (χ1n) is 11.6. The number of halogens is 1. The smallest absolute Gasteiger partial charge is 0.233 e. The Hall–Kier alpha value is -2.51. The van der Waals surface area contributed by atoms with E-state index in [-0.39, 0.29) is 5.91 Å². The fourth-order valence-corrected chi connectivity index (χ4v) is 5.51. The van der Waals surface area contributed by atoms with Crippen molar-refractivity contribution < 1.29 is 4.79 Å². The topological polar surface area (TPSA) is 52.6 Å². The molecule has 2 fully saturated rings. The van der Waals surface area contributed by atoms with E-state index in [0.29, 0.717) is 5.75 Å². The predicted molar refractivity (Wildman–Crippen MR) is 137 cm³/mol. The molecule has 2 saturated heterocycles. The van der Waals surface area contributed by atoms with Crippen LogP contribution in [0.5, 0.6) is 0 Å². The number of piperidine rings is 1. The molecule has 33 heavy (non-hydrogen) atoms. The van der Waals surface area contributed by atoms with E-state index in [0.717, 1.165) is 71.9 Å². The Morgan fingerprint density at radius 3 is 2.18 bits per heavy atom. The molecule has 8 heteroatoms. The number of anilines is 2. The Labute approximate surface area is 203 Å². The van der Waals surface area contributed by atoms with Gasteiger partial charge in [0.15, 0.2) is 5.82 Å². The van der Waals surface area contributed by atoms with Crippen molar-refractivity contribution in [2.45, 2.75) is 24.3 Å². The molecule has 1 aromatic heterocycles. The third-order valence-corrected chi connectivity index (χ3v) is 7.52. The molecule has 3 heterocycles. The van der Waals surface area contributed by atoms with Gasteiger partial charge in [-0.1, -0.05) is 35.5 Å². The quantitative estimate of drug-likeness (QED) is 0.492. The van der Waals surface area contributed by atoms with Crippen molar-refractivity contribution in [3.63, 3.8) is 0 Å². The van der Waals surface area contributed by atoms with E-state index in [1.807, 2.05) is 53.4 Å². The lowest BCUT2D eigenvalue weighted by Crippen LogP contribution is -2.49. The van der Waals surface area contributed by atoms with Gasteiger partial charge in [-0.3, -0.25) is 4.79 Å². The van der Waals surface area contributed by atoms with Crippen LogP contribution in [0, 0.1) is 0 Å². The standard InChI is InChI=1S/C25H28ClN5OS/c26-19-8-10-20(11-9-19)29-14-16-30(17-15-29)23(32)18-33-25-24(31-12-4-1-5-13-31)27-21-6-2-3-7-22(21)28-25/h2-3,6-11H,1,4-5,12-18H2. The molecule has 0 N–H and O–H groups in total. The van der Waals surface area contributed by atoms with Crippen LogP contribution < -0.4 is 9.80 Å². The second-order valence-electron chi connectivity index (χ2n) is 8.52. The molecule has 0 atom stereocenters. The molecule has 0 spiro atoms. The third kappa shape index (κ3) is 5.20. The average Bonchev–Trinajstić information content (AvgIpc) is 2.88. The van der Waals surface area contributed by atoms with E-state index in [1.54, 1.807) is 0 Å². The molecule has 5 rings (SSSR count). The number of carbonyl (C=O) groups is 1. The second-order valence-corrected chi connectivity index (χ2v) is 9.92. The van der Waals surface area contributed by atoms with Gasteiger partial charge in [0.1, 0.15) is 5.03 Å². The SMILES string of the molecule is O=C(CSc1nc2ccccc2nc1N1CCCCC1)N1CCN(c2ccc(Cl)cc2)CC1. The van der Waals surface area contributed by atoms with Gasteiger partial charge >= 0.3 is 0 Å². The van der Waals surface area contributed by atoms with Crippen molar-refractivity contribution in [3.8, 4) is 0 Å². The number of rotatable bonds is 5. The van der Waals surface area contributed by atoms with Crippen molar-refractivity contribution >= 4 is 51.8 Å². The normalized spacial score (nSPS) is 16.9. The molecule has 2 aromatic carbocycles. The first-order valence-corrected chi connectivity index (χ1v) is 13.0. The summed E-state index contributed by atoms with van der Waals surface area (Å²) in [5.41, 5.74) is 2.94. The van der Waals surface area contributed by atoms with Gasteiger partial charge in [0.25, 0.3) is 0 Å². The maximum Gasteiger partial charge on any atom is 0.233 e. The number of piperazine rings is 1. The molecule has 3 aromatic rings. The molecular weight excluding hydrogens is 454 g/mol. The van der Waals surface area contributed by atoms with Crippen molar-refractivity contribution in [1.29, 1.82) is 0 Å².